The van der Waals surface area contributed by atoms with Crippen molar-refractivity contribution in [3.8, 4) is 11.5 Å². The van der Waals surface area contributed by atoms with Crippen molar-refractivity contribution in [2.75, 3.05) is 0 Å². The Morgan fingerprint density at radius 1 is 0.944 bits per heavy atom. The summed E-state index contributed by atoms with van der Waals surface area (Å²) in [5.74, 6) is -0.129. The maximum absolute atomic E-state index is 9.56. The molecule has 0 saturated carbocycles. The minimum absolute atomic E-state index is 0.0621. The van der Waals surface area contributed by atoms with Crippen molar-refractivity contribution in [1.29, 1.82) is 0 Å². The summed E-state index contributed by atoms with van der Waals surface area (Å²) in [6.45, 7) is 6.66. The van der Waals surface area contributed by atoms with Gasteiger partial charge in [-0.2, -0.15) is 0 Å². The third-order valence-electron chi connectivity index (χ3n) is 3.59. The summed E-state index contributed by atoms with van der Waals surface area (Å²) >= 11 is 0. The molecule has 2 nitrogen and oxygen atoms in total. The number of hydrogen-bond acceptors (Lipinski definition) is 2. The Labute approximate surface area is 108 Å². The van der Waals surface area contributed by atoms with E-state index in [2.05, 4.69) is 32.9 Å². The van der Waals surface area contributed by atoms with E-state index in [4.69, 9.17) is 0 Å². The fourth-order valence-corrected chi connectivity index (χ4v) is 2.46. The van der Waals surface area contributed by atoms with E-state index in [0.717, 1.165) is 23.6 Å². The van der Waals surface area contributed by atoms with Crippen LogP contribution in [0.5, 0.6) is 11.5 Å². The van der Waals surface area contributed by atoms with Gasteiger partial charge >= 0.3 is 0 Å². The van der Waals surface area contributed by atoms with E-state index in [9.17, 15) is 10.2 Å². The maximum Gasteiger partial charge on any atom is 0.158 e. The average Bonchev–Trinajstić information content (AvgIpc) is 2.30. The Balaban J connectivity index is 2.53. The van der Waals surface area contributed by atoms with Crippen LogP contribution in [0.2, 0.25) is 0 Å². The van der Waals surface area contributed by atoms with Crippen LogP contribution in [0.1, 0.15) is 39.2 Å². The van der Waals surface area contributed by atoms with Gasteiger partial charge in [-0.15, -0.1) is 0 Å². The van der Waals surface area contributed by atoms with Crippen molar-refractivity contribution in [1.82, 2.24) is 0 Å². The summed E-state index contributed by atoms with van der Waals surface area (Å²) in [6.07, 6.45) is 2.27. The molecule has 0 amide bonds. The predicted octanol–water partition coefficient (Wildman–Crippen LogP) is 4.33. The lowest BCUT2D eigenvalue weighted by Gasteiger charge is -2.25. The second kappa shape index (κ2) is 4.52. The minimum atomic E-state index is -0.0666. The van der Waals surface area contributed by atoms with Crippen LogP contribution in [-0.4, -0.2) is 10.2 Å². The molecule has 0 atom stereocenters. The molecule has 0 fully saturated rings. The molecule has 0 heterocycles. The van der Waals surface area contributed by atoms with Gasteiger partial charge < -0.3 is 10.2 Å². The summed E-state index contributed by atoms with van der Waals surface area (Å²) in [6, 6.07) is 9.43. The van der Waals surface area contributed by atoms with Crippen LogP contribution >= 0.6 is 0 Å². The van der Waals surface area contributed by atoms with E-state index in [0.29, 0.717) is 0 Å². The Morgan fingerprint density at radius 3 is 2.17 bits per heavy atom. The molecule has 0 unspecified atom stereocenters. The molecular formula is C16H20O2. The number of rotatable bonds is 3. The van der Waals surface area contributed by atoms with E-state index in [1.54, 1.807) is 12.1 Å². The van der Waals surface area contributed by atoms with Gasteiger partial charge in [-0.05, 0) is 40.3 Å². The molecule has 0 aliphatic heterocycles. The molecule has 18 heavy (non-hydrogen) atoms. The van der Waals surface area contributed by atoms with Crippen LogP contribution < -0.4 is 0 Å². The molecule has 0 aliphatic carbocycles. The largest absolute Gasteiger partial charge is 0.504 e. The lowest BCUT2D eigenvalue weighted by atomic mass is 9.80. The van der Waals surface area contributed by atoms with Crippen molar-refractivity contribution in [3.05, 3.63) is 35.9 Å². The van der Waals surface area contributed by atoms with Crippen LogP contribution in [0, 0.1) is 0 Å². The highest BCUT2D eigenvalue weighted by molar-refractivity contribution is 5.86. The molecule has 0 aromatic heterocycles. The van der Waals surface area contributed by atoms with Gasteiger partial charge in [-0.3, -0.25) is 0 Å². The predicted molar refractivity (Wildman–Crippen MR) is 75.2 cm³/mol. The quantitative estimate of drug-likeness (QED) is 0.789. The first kappa shape index (κ1) is 12.7. The smallest absolute Gasteiger partial charge is 0.158 e. The van der Waals surface area contributed by atoms with Crippen molar-refractivity contribution < 1.29 is 10.2 Å². The van der Waals surface area contributed by atoms with Gasteiger partial charge in [0.15, 0.2) is 11.5 Å². The van der Waals surface area contributed by atoms with Crippen molar-refractivity contribution in [2.24, 2.45) is 0 Å². The van der Waals surface area contributed by atoms with E-state index in [1.165, 1.54) is 5.56 Å². The second-order valence-electron chi connectivity index (χ2n) is 5.54. The van der Waals surface area contributed by atoms with Gasteiger partial charge in [0.25, 0.3) is 0 Å². The Hall–Kier alpha value is -1.70. The van der Waals surface area contributed by atoms with E-state index in [1.807, 2.05) is 6.07 Å². The lowest BCUT2D eigenvalue weighted by Crippen LogP contribution is -2.16. The maximum atomic E-state index is 9.56. The summed E-state index contributed by atoms with van der Waals surface area (Å²) in [4.78, 5) is 0. The third kappa shape index (κ3) is 2.28. The van der Waals surface area contributed by atoms with Crippen LogP contribution in [-0.2, 0) is 5.41 Å². The fraction of sp³-hybridized carbons (Fsp3) is 0.375. The highest BCUT2D eigenvalue weighted by Crippen LogP contribution is 2.34. The highest BCUT2D eigenvalue weighted by Gasteiger charge is 2.19. The van der Waals surface area contributed by atoms with Crippen LogP contribution in [0.3, 0.4) is 0 Å². The standard InChI is InChI=1S/C16H20O2/c1-4-7-16(2,3)13-6-5-11-9-14(17)15(18)10-12(11)8-13/h5-6,8-10,17-18H,4,7H2,1-3H3. The normalized spacial score (nSPS) is 11.9. The number of fused-ring (bicyclic) bond motifs is 1. The number of phenols is 2. The summed E-state index contributed by atoms with van der Waals surface area (Å²) in [7, 11) is 0. The van der Waals surface area contributed by atoms with Gasteiger partial charge in [-0.1, -0.05) is 45.4 Å². The first-order valence-electron chi connectivity index (χ1n) is 6.40. The number of aromatic hydroxyl groups is 2. The van der Waals surface area contributed by atoms with Gasteiger partial charge in [0.2, 0.25) is 0 Å². The number of phenolic OH excluding ortho intramolecular Hbond substituents is 2. The highest BCUT2D eigenvalue weighted by atomic mass is 16.3. The minimum Gasteiger partial charge on any atom is -0.504 e. The number of hydrogen-bond donors (Lipinski definition) is 2. The first-order chi connectivity index (χ1) is 8.44. The van der Waals surface area contributed by atoms with Gasteiger partial charge in [-0.25, -0.2) is 0 Å². The molecular weight excluding hydrogens is 224 g/mol. The number of benzene rings is 2. The molecule has 2 aromatic rings. The molecule has 0 radical (unpaired) electrons. The summed E-state index contributed by atoms with van der Waals surface area (Å²) in [5.41, 5.74) is 1.40. The van der Waals surface area contributed by atoms with E-state index in [-0.39, 0.29) is 16.9 Å². The SMILES string of the molecule is CCCC(C)(C)c1ccc2cc(O)c(O)cc2c1. The molecule has 96 valence electrons. The van der Waals surface area contributed by atoms with Gasteiger partial charge in [0.1, 0.15) is 0 Å². The molecule has 2 rings (SSSR count). The van der Waals surface area contributed by atoms with Crippen molar-refractivity contribution in [3.63, 3.8) is 0 Å². The van der Waals surface area contributed by atoms with Crippen LogP contribution in [0.25, 0.3) is 10.8 Å². The molecule has 0 aliphatic rings. The zero-order chi connectivity index (χ0) is 13.3. The molecule has 0 spiro atoms. The van der Waals surface area contributed by atoms with Crippen LogP contribution in [0.4, 0.5) is 0 Å². The zero-order valence-electron chi connectivity index (χ0n) is 11.2. The summed E-state index contributed by atoms with van der Waals surface area (Å²) in [5, 5.41) is 21.0. The molecule has 0 saturated heterocycles. The molecule has 2 aromatic carbocycles. The van der Waals surface area contributed by atoms with E-state index < -0.39 is 0 Å². The molecule has 2 heteroatoms. The van der Waals surface area contributed by atoms with Crippen molar-refractivity contribution >= 4 is 10.8 Å². The van der Waals surface area contributed by atoms with Crippen molar-refractivity contribution in [2.45, 2.75) is 39.0 Å². The third-order valence-corrected chi connectivity index (χ3v) is 3.59. The molecule has 0 bridgehead atoms. The summed E-state index contributed by atoms with van der Waals surface area (Å²) < 4.78 is 0. The Morgan fingerprint density at radius 2 is 1.56 bits per heavy atom. The lowest BCUT2D eigenvalue weighted by molar-refractivity contribution is 0.405. The average molecular weight is 244 g/mol. The topological polar surface area (TPSA) is 40.5 Å². The Kier molecular flexibility index (Phi) is 3.20. The van der Waals surface area contributed by atoms with E-state index >= 15 is 0 Å². The second-order valence-corrected chi connectivity index (χ2v) is 5.54. The van der Waals surface area contributed by atoms with Crippen LogP contribution in [0.15, 0.2) is 30.3 Å². The molecule has 2 N–H and O–H groups in total. The van der Waals surface area contributed by atoms with Gasteiger partial charge in [0, 0.05) is 0 Å². The monoisotopic (exact) mass is 244 g/mol. The first-order valence-corrected chi connectivity index (χ1v) is 6.40. The zero-order valence-corrected chi connectivity index (χ0v) is 11.2. The Bertz CT molecular complexity index is 571. The fourth-order valence-electron chi connectivity index (χ4n) is 2.46. The van der Waals surface area contributed by atoms with Gasteiger partial charge in [0.05, 0.1) is 0 Å².